The fraction of sp³-hybridized carbons (Fsp3) is 0.333. The molecule has 2 aromatic carbocycles. The molecule has 0 spiro atoms. The van der Waals surface area contributed by atoms with Gasteiger partial charge in [0.15, 0.2) is 16.6 Å². The molecule has 0 unspecified atom stereocenters. The summed E-state index contributed by atoms with van der Waals surface area (Å²) in [5.41, 5.74) is 2.30. The highest BCUT2D eigenvalue weighted by Gasteiger charge is 2.19. The Kier molecular flexibility index (Phi) is 8.07. The average Bonchev–Trinajstić information content (AvgIpc) is 2.66. The van der Waals surface area contributed by atoms with E-state index >= 15 is 0 Å². The zero-order valence-corrected chi connectivity index (χ0v) is 17.4. The van der Waals surface area contributed by atoms with Crippen LogP contribution in [0.4, 0.5) is 5.69 Å². The monoisotopic (exact) mass is 402 g/mol. The maximum Gasteiger partial charge on any atom is 0.257 e. The molecule has 0 heterocycles. The number of anilines is 1. The molecular weight excluding hydrogens is 376 g/mol. The number of rotatable bonds is 8. The third-order valence-electron chi connectivity index (χ3n) is 3.71. The number of aryl methyl sites for hydroxylation is 1. The predicted octanol–water partition coefficient (Wildman–Crippen LogP) is 4.32. The summed E-state index contributed by atoms with van der Waals surface area (Å²) in [5.74, 6) is 1.04. The van der Waals surface area contributed by atoms with E-state index in [-0.39, 0.29) is 11.0 Å². The fourth-order valence-electron chi connectivity index (χ4n) is 2.49. The van der Waals surface area contributed by atoms with Gasteiger partial charge in [-0.25, -0.2) is 0 Å². The van der Waals surface area contributed by atoms with Gasteiger partial charge in [0, 0.05) is 11.3 Å². The van der Waals surface area contributed by atoms with Crippen molar-refractivity contribution in [3.8, 4) is 17.2 Å². The lowest BCUT2D eigenvalue weighted by Gasteiger charge is -2.17. The highest BCUT2D eigenvalue weighted by Crippen LogP contribution is 2.39. The molecule has 2 aromatic rings. The summed E-state index contributed by atoms with van der Waals surface area (Å²) in [6.45, 7) is 8.93. The number of hydrogen-bond donors (Lipinski definition) is 2. The fourth-order valence-corrected chi connectivity index (χ4v) is 2.70. The van der Waals surface area contributed by atoms with E-state index in [2.05, 4.69) is 10.6 Å². The molecule has 0 saturated carbocycles. The van der Waals surface area contributed by atoms with Gasteiger partial charge >= 0.3 is 0 Å². The van der Waals surface area contributed by atoms with Crippen LogP contribution in [0.1, 0.15) is 36.7 Å². The molecule has 0 fully saturated rings. The molecule has 0 saturated heterocycles. The molecule has 0 aliphatic carbocycles. The van der Waals surface area contributed by atoms with Crippen molar-refractivity contribution in [1.82, 2.24) is 5.32 Å². The third-order valence-corrected chi connectivity index (χ3v) is 3.91. The maximum atomic E-state index is 12.7. The molecule has 6 nitrogen and oxygen atoms in total. The minimum atomic E-state index is -0.366. The van der Waals surface area contributed by atoms with Gasteiger partial charge in [0.25, 0.3) is 5.91 Å². The number of carbonyl (C=O) groups is 1. The van der Waals surface area contributed by atoms with Crippen LogP contribution in [0.5, 0.6) is 17.2 Å². The molecule has 1 amide bonds. The molecule has 2 rings (SSSR count). The van der Waals surface area contributed by atoms with E-state index in [1.165, 1.54) is 0 Å². The highest BCUT2D eigenvalue weighted by molar-refractivity contribution is 7.80. The van der Waals surface area contributed by atoms with Gasteiger partial charge in [0.2, 0.25) is 5.75 Å². The van der Waals surface area contributed by atoms with Crippen LogP contribution in [0.2, 0.25) is 0 Å². The predicted molar refractivity (Wildman–Crippen MR) is 115 cm³/mol. The quantitative estimate of drug-likeness (QED) is 0.641. The second kappa shape index (κ2) is 10.5. The number of thiocarbonyl (C=S) groups is 1. The number of carbonyl (C=O) groups excluding carboxylic acids is 1. The Morgan fingerprint density at radius 2 is 1.46 bits per heavy atom. The Hall–Kier alpha value is -2.80. The molecule has 0 radical (unpaired) electrons. The number of benzene rings is 2. The lowest BCUT2D eigenvalue weighted by molar-refractivity contribution is 0.0976. The number of amides is 1. The number of ether oxygens (including phenoxy) is 3. The Morgan fingerprint density at radius 1 is 0.929 bits per heavy atom. The summed E-state index contributed by atoms with van der Waals surface area (Å²) in [5, 5.41) is 5.88. The Bertz CT molecular complexity index is 795. The molecule has 0 aliphatic heterocycles. The van der Waals surface area contributed by atoms with Crippen molar-refractivity contribution < 1.29 is 19.0 Å². The van der Waals surface area contributed by atoms with E-state index in [0.717, 1.165) is 11.3 Å². The van der Waals surface area contributed by atoms with Crippen molar-refractivity contribution >= 4 is 28.9 Å². The minimum Gasteiger partial charge on any atom is -0.490 e. The van der Waals surface area contributed by atoms with Gasteiger partial charge in [-0.1, -0.05) is 17.7 Å². The van der Waals surface area contributed by atoms with Gasteiger partial charge in [0.05, 0.1) is 19.8 Å². The van der Waals surface area contributed by atoms with Crippen molar-refractivity contribution in [3.63, 3.8) is 0 Å². The first kappa shape index (κ1) is 21.5. The molecule has 0 bridgehead atoms. The van der Waals surface area contributed by atoms with Crippen LogP contribution < -0.4 is 24.8 Å². The molecule has 0 atom stereocenters. The zero-order valence-electron chi connectivity index (χ0n) is 16.6. The van der Waals surface area contributed by atoms with Crippen LogP contribution in [0.25, 0.3) is 0 Å². The van der Waals surface area contributed by atoms with E-state index in [0.29, 0.717) is 42.6 Å². The first-order valence-electron chi connectivity index (χ1n) is 9.23. The maximum absolute atomic E-state index is 12.7. The molecular formula is C21H26N2O4S. The Balaban J connectivity index is 2.20. The normalized spacial score (nSPS) is 10.1. The van der Waals surface area contributed by atoms with Gasteiger partial charge in [0.1, 0.15) is 0 Å². The summed E-state index contributed by atoms with van der Waals surface area (Å²) in [4.78, 5) is 12.7. The van der Waals surface area contributed by atoms with E-state index in [4.69, 9.17) is 26.4 Å². The van der Waals surface area contributed by atoms with Gasteiger partial charge < -0.3 is 19.5 Å². The van der Waals surface area contributed by atoms with Gasteiger partial charge in [-0.15, -0.1) is 0 Å². The van der Waals surface area contributed by atoms with E-state index in [1.807, 2.05) is 52.0 Å². The van der Waals surface area contributed by atoms with E-state index < -0.39 is 0 Å². The first-order valence-corrected chi connectivity index (χ1v) is 9.64. The standard InChI is InChI=1S/C21H26N2O4S/c1-5-25-17-12-15(13-18(26-6-2)19(17)27-7-3)20(24)23-21(28)22-16-10-8-14(4)9-11-16/h8-13H,5-7H2,1-4H3,(H2,22,23,24,28). The van der Waals surface area contributed by atoms with Gasteiger partial charge in [-0.2, -0.15) is 0 Å². The van der Waals surface area contributed by atoms with Crippen molar-refractivity contribution in [3.05, 3.63) is 47.5 Å². The van der Waals surface area contributed by atoms with E-state index in [1.54, 1.807) is 12.1 Å². The summed E-state index contributed by atoms with van der Waals surface area (Å²) >= 11 is 5.25. The summed E-state index contributed by atoms with van der Waals surface area (Å²) in [6.07, 6.45) is 0. The van der Waals surface area contributed by atoms with Crippen LogP contribution in [0.15, 0.2) is 36.4 Å². The van der Waals surface area contributed by atoms with E-state index in [9.17, 15) is 4.79 Å². The molecule has 2 N–H and O–H groups in total. The molecule has 0 aliphatic rings. The zero-order chi connectivity index (χ0) is 20.5. The van der Waals surface area contributed by atoms with Crippen LogP contribution in [-0.4, -0.2) is 30.8 Å². The molecule has 28 heavy (non-hydrogen) atoms. The topological polar surface area (TPSA) is 68.8 Å². The lowest BCUT2D eigenvalue weighted by atomic mass is 10.1. The minimum absolute atomic E-state index is 0.207. The second-order valence-electron chi connectivity index (χ2n) is 5.87. The van der Waals surface area contributed by atoms with Crippen LogP contribution in [0, 0.1) is 6.92 Å². The van der Waals surface area contributed by atoms with Gasteiger partial charge in [-0.3, -0.25) is 10.1 Å². The third kappa shape index (κ3) is 5.85. The summed E-state index contributed by atoms with van der Waals surface area (Å²) in [6, 6.07) is 11.0. The molecule has 0 aromatic heterocycles. The second-order valence-corrected chi connectivity index (χ2v) is 6.28. The van der Waals surface area contributed by atoms with Crippen LogP contribution in [0.3, 0.4) is 0 Å². The smallest absolute Gasteiger partial charge is 0.257 e. The van der Waals surface area contributed by atoms with Crippen molar-refractivity contribution in [2.75, 3.05) is 25.1 Å². The SMILES string of the molecule is CCOc1cc(C(=O)NC(=S)Nc2ccc(C)cc2)cc(OCC)c1OCC. The summed E-state index contributed by atoms with van der Waals surface area (Å²) < 4.78 is 16.9. The molecule has 7 heteroatoms. The Morgan fingerprint density at radius 3 is 1.96 bits per heavy atom. The van der Waals surface area contributed by atoms with Crippen molar-refractivity contribution in [2.24, 2.45) is 0 Å². The average molecular weight is 403 g/mol. The molecule has 150 valence electrons. The van der Waals surface area contributed by atoms with Crippen LogP contribution >= 0.6 is 12.2 Å². The van der Waals surface area contributed by atoms with Crippen molar-refractivity contribution in [2.45, 2.75) is 27.7 Å². The highest BCUT2D eigenvalue weighted by atomic mass is 32.1. The van der Waals surface area contributed by atoms with Gasteiger partial charge in [-0.05, 0) is 64.2 Å². The number of hydrogen-bond acceptors (Lipinski definition) is 5. The first-order chi connectivity index (χ1) is 13.5. The largest absolute Gasteiger partial charge is 0.490 e. The Labute approximate surface area is 171 Å². The lowest BCUT2D eigenvalue weighted by Crippen LogP contribution is -2.34. The number of nitrogens with one attached hydrogen (secondary N) is 2. The van der Waals surface area contributed by atoms with Crippen LogP contribution in [-0.2, 0) is 0 Å². The van der Waals surface area contributed by atoms with Crippen molar-refractivity contribution in [1.29, 1.82) is 0 Å². The summed E-state index contributed by atoms with van der Waals surface area (Å²) in [7, 11) is 0.